The van der Waals surface area contributed by atoms with E-state index >= 15 is 0 Å². The molecule has 1 aliphatic heterocycles. The summed E-state index contributed by atoms with van der Waals surface area (Å²) < 4.78 is 5.45. The van der Waals surface area contributed by atoms with Gasteiger partial charge in [-0.2, -0.15) is 0 Å². The van der Waals surface area contributed by atoms with E-state index in [-0.39, 0.29) is 11.1 Å². The number of nitrogens with one attached hydrogen (secondary N) is 1. The van der Waals surface area contributed by atoms with Crippen molar-refractivity contribution in [3.63, 3.8) is 0 Å². The smallest absolute Gasteiger partial charge is 0.0572 e. The van der Waals surface area contributed by atoms with Crippen LogP contribution in [0.25, 0.3) is 0 Å². The molecule has 1 heterocycles. The van der Waals surface area contributed by atoms with Crippen LogP contribution in [0.15, 0.2) is 0 Å². The molecule has 0 aliphatic carbocycles. The molecule has 0 saturated carbocycles. The van der Waals surface area contributed by atoms with Gasteiger partial charge in [-0.15, -0.1) is 0 Å². The molecule has 84 valence electrons. The molecule has 0 spiro atoms. The lowest BCUT2D eigenvalue weighted by Gasteiger charge is -2.47. The Balaban J connectivity index is 2.71. The number of hydrogen-bond donors (Lipinski definition) is 1. The lowest BCUT2D eigenvalue weighted by Crippen LogP contribution is -2.59. The first kappa shape index (κ1) is 12.0. The van der Waals surface area contributed by atoms with E-state index in [4.69, 9.17) is 4.74 Å². The van der Waals surface area contributed by atoms with E-state index in [9.17, 15) is 0 Å². The molecule has 0 aromatic rings. The zero-order valence-corrected chi connectivity index (χ0v) is 10.5. The van der Waals surface area contributed by atoms with Gasteiger partial charge in [-0.25, -0.2) is 0 Å². The lowest BCUT2D eigenvalue weighted by atomic mass is 9.74. The molecule has 1 N–H and O–H groups in total. The number of ether oxygens (including phenoxy) is 1. The maximum atomic E-state index is 5.45. The van der Waals surface area contributed by atoms with Crippen LogP contribution in [0.1, 0.15) is 47.5 Å². The van der Waals surface area contributed by atoms with Crippen molar-refractivity contribution in [1.29, 1.82) is 0 Å². The predicted molar refractivity (Wildman–Crippen MR) is 60.5 cm³/mol. The molecular weight excluding hydrogens is 174 g/mol. The molecule has 2 heteroatoms. The van der Waals surface area contributed by atoms with Crippen molar-refractivity contribution in [1.82, 2.24) is 5.32 Å². The van der Waals surface area contributed by atoms with Gasteiger partial charge in [0.2, 0.25) is 0 Å². The van der Waals surface area contributed by atoms with Gasteiger partial charge in [0, 0.05) is 18.2 Å². The van der Waals surface area contributed by atoms with Gasteiger partial charge in [0.1, 0.15) is 0 Å². The SMILES string of the molecule is COC(C)C1CC(C)(C)NC(C)(C)C1. The largest absolute Gasteiger partial charge is 0.381 e. The van der Waals surface area contributed by atoms with Crippen LogP contribution in [-0.2, 0) is 4.74 Å². The van der Waals surface area contributed by atoms with Gasteiger partial charge < -0.3 is 10.1 Å². The zero-order chi connectivity index (χ0) is 11.0. The van der Waals surface area contributed by atoms with Gasteiger partial charge in [-0.05, 0) is 53.4 Å². The fraction of sp³-hybridized carbons (Fsp3) is 1.00. The summed E-state index contributed by atoms with van der Waals surface area (Å²) in [6, 6.07) is 0. The third kappa shape index (κ3) is 2.96. The molecule has 14 heavy (non-hydrogen) atoms. The average molecular weight is 199 g/mol. The second-order valence-electron chi connectivity index (χ2n) is 6.00. The number of methoxy groups -OCH3 is 1. The minimum absolute atomic E-state index is 0.235. The highest BCUT2D eigenvalue weighted by Crippen LogP contribution is 2.35. The monoisotopic (exact) mass is 199 g/mol. The van der Waals surface area contributed by atoms with Crippen molar-refractivity contribution in [2.75, 3.05) is 7.11 Å². The van der Waals surface area contributed by atoms with E-state index < -0.39 is 0 Å². The lowest BCUT2D eigenvalue weighted by molar-refractivity contribution is 0.00872. The second kappa shape index (κ2) is 3.82. The Morgan fingerprint density at radius 3 is 1.93 bits per heavy atom. The molecule has 1 rings (SSSR count). The number of rotatable bonds is 2. The van der Waals surface area contributed by atoms with Crippen LogP contribution in [0.3, 0.4) is 0 Å². The van der Waals surface area contributed by atoms with Gasteiger partial charge in [-0.1, -0.05) is 0 Å². The van der Waals surface area contributed by atoms with Crippen molar-refractivity contribution in [3.05, 3.63) is 0 Å². The van der Waals surface area contributed by atoms with Crippen LogP contribution >= 0.6 is 0 Å². The summed E-state index contributed by atoms with van der Waals surface area (Å²) >= 11 is 0. The molecule has 2 nitrogen and oxygen atoms in total. The minimum atomic E-state index is 0.235. The van der Waals surface area contributed by atoms with E-state index in [1.54, 1.807) is 0 Å². The minimum Gasteiger partial charge on any atom is -0.381 e. The third-order valence-corrected chi connectivity index (χ3v) is 3.26. The molecule has 1 fully saturated rings. The van der Waals surface area contributed by atoms with Crippen molar-refractivity contribution in [3.8, 4) is 0 Å². The topological polar surface area (TPSA) is 21.3 Å². The fourth-order valence-corrected chi connectivity index (χ4v) is 2.93. The maximum absolute atomic E-state index is 5.45. The van der Waals surface area contributed by atoms with E-state index in [1.165, 1.54) is 12.8 Å². The van der Waals surface area contributed by atoms with Gasteiger partial charge in [-0.3, -0.25) is 0 Å². The van der Waals surface area contributed by atoms with Crippen LogP contribution < -0.4 is 5.32 Å². The van der Waals surface area contributed by atoms with Crippen LogP contribution in [0.2, 0.25) is 0 Å². The Morgan fingerprint density at radius 2 is 1.57 bits per heavy atom. The summed E-state index contributed by atoms with van der Waals surface area (Å²) in [5.74, 6) is 0.672. The van der Waals surface area contributed by atoms with E-state index in [1.807, 2.05) is 7.11 Å². The molecule has 1 aliphatic rings. The molecule has 1 atom stereocenters. The Labute approximate surface area is 88.4 Å². The van der Waals surface area contributed by atoms with Crippen molar-refractivity contribution in [2.45, 2.75) is 64.6 Å². The third-order valence-electron chi connectivity index (χ3n) is 3.26. The first-order valence-electron chi connectivity index (χ1n) is 5.58. The van der Waals surface area contributed by atoms with Gasteiger partial charge in [0.05, 0.1) is 6.10 Å². The van der Waals surface area contributed by atoms with Gasteiger partial charge in [0.15, 0.2) is 0 Å². The molecule has 0 amide bonds. The number of piperidine rings is 1. The normalized spacial score (nSPS) is 28.7. The Kier molecular flexibility index (Phi) is 3.27. The molecule has 0 bridgehead atoms. The molecule has 1 unspecified atom stereocenters. The molecular formula is C12H25NO. The maximum Gasteiger partial charge on any atom is 0.0572 e. The Bertz CT molecular complexity index is 182. The second-order valence-corrected chi connectivity index (χ2v) is 6.00. The summed E-state index contributed by atoms with van der Waals surface area (Å²) in [4.78, 5) is 0. The highest BCUT2D eigenvalue weighted by Gasteiger charge is 2.39. The highest BCUT2D eigenvalue weighted by atomic mass is 16.5. The molecule has 0 aromatic carbocycles. The van der Waals surface area contributed by atoms with Crippen molar-refractivity contribution < 1.29 is 4.74 Å². The quantitative estimate of drug-likeness (QED) is 0.738. The first-order valence-corrected chi connectivity index (χ1v) is 5.58. The predicted octanol–water partition coefficient (Wildman–Crippen LogP) is 2.58. The fourth-order valence-electron chi connectivity index (χ4n) is 2.93. The zero-order valence-electron chi connectivity index (χ0n) is 10.5. The average Bonchev–Trinajstić information content (AvgIpc) is 1.97. The van der Waals surface area contributed by atoms with Crippen LogP contribution in [0.4, 0.5) is 0 Å². The first-order chi connectivity index (χ1) is 6.26. The highest BCUT2D eigenvalue weighted by molar-refractivity contribution is 4.98. The van der Waals surface area contributed by atoms with Crippen LogP contribution in [0.5, 0.6) is 0 Å². The van der Waals surface area contributed by atoms with Crippen LogP contribution in [-0.4, -0.2) is 24.3 Å². The Hall–Kier alpha value is -0.0800. The summed E-state index contributed by atoms with van der Waals surface area (Å²) in [6.45, 7) is 11.3. The summed E-state index contributed by atoms with van der Waals surface area (Å²) in [6.07, 6.45) is 2.77. The van der Waals surface area contributed by atoms with Crippen LogP contribution in [0, 0.1) is 5.92 Å². The number of hydrogen-bond acceptors (Lipinski definition) is 2. The standard InChI is InChI=1S/C12H25NO/c1-9(14-6)10-7-11(2,3)13-12(4,5)8-10/h9-10,13H,7-8H2,1-6H3. The van der Waals surface area contributed by atoms with Crippen molar-refractivity contribution >= 4 is 0 Å². The van der Waals surface area contributed by atoms with Gasteiger partial charge >= 0.3 is 0 Å². The van der Waals surface area contributed by atoms with E-state index in [0.29, 0.717) is 12.0 Å². The molecule has 0 radical (unpaired) electrons. The van der Waals surface area contributed by atoms with E-state index in [0.717, 1.165) is 0 Å². The molecule has 0 aromatic heterocycles. The molecule has 1 saturated heterocycles. The summed E-state index contributed by atoms with van der Waals surface area (Å²) in [5, 5.41) is 3.69. The Morgan fingerprint density at radius 1 is 1.14 bits per heavy atom. The summed E-state index contributed by atoms with van der Waals surface area (Å²) in [5.41, 5.74) is 0.471. The van der Waals surface area contributed by atoms with Crippen molar-refractivity contribution in [2.24, 2.45) is 5.92 Å². The summed E-state index contributed by atoms with van der Waals surface area (Å²) in [7, 11) is 1.81. The van der Waals surface area contributed by atoms with Gasteiger partial charge in [0.25, 0.3) is 0 Å². The van der Waals surface area contributed by atoms with E-state index in [2.05, 4.69) is 39.9 Å².